The fraction of sp³-hybridized carbons (Fsp3) is 0.200. The molecule has 28 heavy (non-hydrogen) atoms. The molecule has 0 saturated heterocycles. The number of nitrogens with zero attached hydrogens (tertiary/aromatic N) is 5. The number of urea groups is 1. The van der Waals surface area contributed by atoms with E-state index in [-0.39, 0.29) is 6.03 Å². The molecule has 8 heteroatoms. The van der Waals surface area contributed by atoms with E-state index >= 15 is 0 Å². The maximum Gasteiger partial charge on any atom is 0.320 e. The molecule has 4 heterocycles. The summed E-state index contributed by atoms with van der Waals surface area (Å²) in [6.45, 7) is 3.17. The zero-order valence-corrected chi connectivity index (χ0v) is 15.5. The summed E-state index contributed by atoms with van der Waals surface area (Å²) in [5, 5.41) is 9.76. The molecule has 0 aliphatic heterocycles. The van der Waals surface area contributed by atoms with Crippen molar-refractivity contribution in [1.29, 1.82) is 0 Å². The molecule has 0 aliphatic rings. The van der Waals surface area contributed by atoms with E-state index in [1.807, 2.05) is 58.9 Å². The van der Waals surface area contributed by atoms with E-state index in [1.165, 1.54) is 0 Å². The lowest BCUT2D eigenvalue weighted by Gasteiger charge is -2.09. The molecule has 0 bridgehead atoms. The van der Waals surface area contributed by atoms with Crippen LogP contribution < -0.4 is 10.6 Å². The zero-order valence-electron chi connectivity index (χ0n) is 15.5. The van der Waals surface area contributed by atoms with Gasteiger partial charge in [-0.05, 0) is 36.8 Å². The number of pyridine rings is 2. The summed E-state index contributed by atoms with van der Waals surface area (Å²) >= 11 is 0. The van der Waals surface area contributed by atoms with Gasteiger partial charge in [0.25, 0.3) is 0 Å². The second-order valence-corrected chi connectivity index (χ2v) is 6.33. The Morgan fingerprint density at radius 1 is 1.18 bits per heavy atom. The molecule has 4 aromatic rings. The fourth-order valence-electron chi connectivity index (χ4n) is 3.09. The quantitative estimate of drug-likeness (QED) is 0.542. The second kappa shape index (κ2) is 7.91. The summed E-state index contributed by atoms with van der Waals surface area (Å²) in [4.78, 5) is 20.6. The van der Waals surface area contributed by atoms with E-state index in [4.69, 9.17) is 0 Å². The number of anilines is 1. The Hall–Kier alpha value is -3.68. The van der Waals surface area contributed by atoms with E-state index in [0.29, 0.717) is 12.4 Å². The minimum absolute atomic E-state index is 0.267. The van der Waals surface area contributed by atoms with Crippen LogP contribution in [0.25, 0.3) is 16.8 Å². The van der Waals surface area contributed by atoms with Crippen LogP contribution in [0.5, 0.6) is 0 Å². The zero-order chi connectivity index (χ0) is 19.3. The van der Waals surface area contributed by atoms with Crippen LogP contribution in [0, 0.1) is 0 Å². The molecule has 0 radical (unpaired) electrons. The maximum absolute atomic E-state index is 11.9. The van der Waals surface area contributed by atoms with Gasteiger partial charge >= 0.3 is 6.03 Å². The number of fused-ring (bicyclic) bond motifs is 1. The normalized spacial score (nSPS) is 10.9. The van der Waals surface area contributed by atoms with Crippen molar-refractivity contribution in [3.8, 4) is 11.1 Å². The van der Waals surface area contributed by atoms with Crippen LogP contribution in [-0.2, 0) is 13.0 Å². The number of aryl methyl sites for hydroxylation is 2. The Kier molecular flexibility index (Phi) is 5.01. The summed E-state index contributed by atoms with van der Waals surface area (Å²) in [6.07, 6.45) is 9.91. The van der Waals surface area contributed by atoms with E-state index in [0.717, 1.165) is 35.4 Å². The molecule has 0 spiro atoms. The first-order chi connectivity index (χ1) is 13.7. The topological polar surface area (TPSA) is 89.1 Å². The first-order valence-corrected chi connectivity index (χ1v) is 9.17. The van der Waals surface area contributed by atoms with E-state index in [1.54, 1.807) is 12.4 Å². The molecule has 0 saturated carbocycles. The molecular weight excluding hydrogens is 354 g/mol. The van der Waals surface area contributed by atoms with Crippen LogP contribution >= 0.6 is 0 Å². The highest BCUT2D eigenvalue weighted by atomic mass is 16.2. The fourth-order valence-corrected chi connectivity index (χ4v) is 3.09. The molecular formula is C20H21N7O. The van der Waals surface area contributed by atoms with Crippen molar-refractivity contribution < 1.29 is 4.79 Å². The lowest BCUT2D eigenvalue weighted by atomic mass is 10.1. The molecule has 4 rings (SSSR count). The molecule has 0 atom stereocenters. The van der Waals surface area contributed by atoms with Gasteiger partial charge in [0.05, 0.1) is 6.20 Å². The minimum atomic E-state index is -0.267. The first kappa shape index (κ1) is 17.7. The predicted octanol–water partition coefficient (Wildman–Crippen LogP) is 2.98. The van der Waals surface area contributed by atoms with Crippen LogP contribution in [-0.4, -0.2) is 36.7 Å². The number of amides is 2. The van der Waals surface area contributed by atoms with Crippen molar-refractivity contribution >= 4 is 17.5 Å². The van der Waals surface area contributed by atoms with Gasteiger partial charge in [-0.3, -0.25) is 15.0 Å². The van der Waals surface area contributed by atoms with E-state index in [2.05, 4.69) is 31.8 Å². The van der Waals surface area contributed by atoms with Crippen LogP contribution in [0.15, 0.2) is 61.3 Å². The first-order valence-electron chi connectivity index (χ1n) is 9.17. The summed E-state index contributed by atoms with van der Waals surface area (Å²) in [5.74, 6) is 0.509. The molecule has 2 amide bonds. The third-order valence-corrected chi connectivity index (χ3v) is 4.38. The minimum Gasteiger partial charge on any atom is -0.338 e. The van der Waals surface area contributed by atoms with Crippen molar-refractivity contribution in [3.63, 3.8) is 0 Å². The summed E-state index contributed by atoms with van der Waals surface area (Å²) < 4.78 is 3.90. The maximum atomic E-state index is 11.9. The van der Waals surface area contributed by atoms with Crippen LogP contribution in [0.1, 0.15) is 12.6 Å². The van der Waals surface area contributed by atoms with Gasteiger partial charge in [0.2, 0.25) is 0 Å². The predicted molar refractivity (Wildman–Crippen MR) is 107 cm³/mol. The van der Waals surface area contributed by atoms with Gasteiger partial charge < -0.3 is 9.72 Å². The standard InChI is InChI=1S/C20H21N7O/c1-2-22-20(28)25-18-14-27-17(6-10-26-9-4-8-23-26)11-16(12-19(27)24-18)15-5-3-7-21-13-15/h3-5,7-9,11-14H,2,6,10H2,1H3,(H2,22,25,28). The number of hydrogen-bond donors (Lipinski definition) is 2. The second-order valence-electron chi connectivity index (χ2n) is 6.33. The van der Waals surface area contributed by atoms with Crippen molar-refractivity contribution in [3.05, 3.63) is 67.0 Å². The Morgan fingerprint density at radius 3 is 2.86 bits per heavy atom. The van der Waals surface area contributed by atoms with Gasteiger partial charge in [-0.25, -0.2) is 9.78 Å². The number of hydrogen-bond acceptors (Lipinski definition) is 4. The molecule has 0 aliphatic carbocycles. The number of aromatic nitrogens is 5. The van der Waals surface area contributed by atoms with Crippen LogP contribution in [0.3, 0.4) is 0 Å². The molecule has 0 aromatic carbocycles. The van der Waals surface area contributed by atoms with Gasteiger partial charge in [-0.1, -0.05) is 6.07 Å². The Morgan fingerprint density at radius 2 is 2.11 bits per heavy atom. The molecule has 4 aromatic heterocycles. The SMILES string of the molecule is CCNC(=O)Nc1cn2c(CCn3cccn3)cc(-c3cccnc3)cc2n1. The largest absolute Gasteiger partial charge is 0.338 e. The third-order valence-electron chi connectivity index (χ3n) is 4.38. The van der Waals surface area contributed by atoms with Crippen LogP contribution in [0.4, 0.5) is 10.6 Å². The Labute approximate surface area is 162 Å². The molecule has 142 valence electrons. The van der Waals surface area contributed by atoms with Gasteiger partial charge in [0.15, 0.2) is 5.82 Å². The smallest absolute Gasteiger partial charge is 0.320 e. The highest BCUT2D eigenvalue weighted by Crippen LogP contribution is 2.24. The monoisotopic (exact) mass is 375 g/mol. The van der Waals surface area contributed by atoms with Crippen molar-refractivity contribution in [2.45, 2.75) is 19.9 Å². The Bertz CT molecular complexity index is 1070. The highest BCUT2D eigenvalue weighted by molar-refractivity contribution is 5.88. The van der Waals surface area contributed by atoms with Crippen LogP contribution in [0.2, 0.25) is 0 Å². The number of nitrogens with one attached hydrogen (secondary N) is 2. The lowest BCUT2D eigenvalue weighted by Crippen LogP contribution is -2.28. The van der Waals surface area contributed by atoms with Crippen molar-refractivity contribution in [2.75, 3.05) is 11.9 Å². The van der Waals surface area contributed by atoms with Gasteiger partial charge in [0.1, 0.15) is 5.65 Å². The number of carbonyl (C=O) groups is 1. The average molecular weight is 375 g/mol. The molecule has 0 fully saturated rings. The van der Waals surface area contributed by atoms with E-state index in [9.17, 15) is 4.79 Å². The number of rotatable bonds is 6. The van der Waals surface area contributed by atoms with Gasteiger partial charge in [-0.2, -0.15) is 5.10 Å². The highest BCUT2D eigenvalue weighted by Gasteiger charge is 2.11. The van der Waals surface area contributed by atoms with Crippen molar-refractivity contribution in [1.82, 2.24) is 29.5 Å². The van der Waals surface area contributed by atoms with Gasteiger partial charge in [-0.15, -0.1) is 0 Å². The van der Waals surface area contributed by atoms with Crippen molar-refractivity contribution in [2.24, 2.45) is 0 Å². The summed E-state index contributed by atoms with van der Waals surface area (Å²) in [6, 6.07) is 9.70. The third kappa shape index (κ3) is 3.85. The van der Waals surface area contributed by atoms with E-state index < -0.39 is 0 Å². The summed E-state index contributed by atoms with van der Waals surface area (Å²) in [5.41, 5.74) is 3.89. The number of carbonyl (C=O) groups excluding carboxylic acids is 1. The lowest BCUT2D eigenvalue weighted by molar-refractivity contribution is 0.252. The Balaban J connectivity index is 1.71. The van der Waals surface area contributed by atoms with Gasteiger partial charge in [0, 0.05) is 55.6 Å². The number of imidazole rings is 1. The molecule has 8 nitrogen and oxygen atoms in total. The average Bonchev–Trinajstić information content (AvgIpc) is 3.36. The molecule has 2 N–H and O–H groups in total. The molecule has 0 unspecified atom stereocenters. The summed E-state index contributed by atoms with van der Waals surface area (Å²) in [7, 11) is 0.